The first-order valence-electron chi connectivity index (χ1n) is 7.98. The molecule has 0 fully saturated rings. The van der Waals surface area contributed by atoms with Crippen molar-refractivity contribution < 1.29 is 13.9 Å². The van der Waals surface area contributed by atoms with Gasteiger partial charge in [-0.15, -0.1) is 0 Å². The Morgan fingerprint density at radius 2 is 2.08 bits per heavy atom. The lowest BCUT2D eigenvalue weighted by Gasteiger charge is -2.18. The first kappa shape index (κ1) is 19.6. The molecule has 1 aromatic heterocycles. The van der Waals surface area contributed by atoms with Crippen molar-refractivity contribution in [1.82, 2.24) is 15.8 Å². The number of amides is 1. The van der Waals surface area contributed by atoms with Crippen LogP contribution in [-0.2, 0) is 11.2 Å². The van der Waals surface area contributed by atoms with Crippen molar-refractivity contribution in [2.75, 3.05) is 7.11 Å². The molecule has 4 N–H and O–H groups in total. The number of nitrogens with two attached hydrogens (primary N) is 1. The minimum absolute atomic E-state index is 0.0273. The molecule has 0 saturated heterocycles. The highest BCUT2D eigenvalue weighted by atomic mass is 32.1. The molecule has 0 radical (unpaired) electrons. The summed E-state index contributed by atoms with van der Waals surface area (Å²) in [6.45, 7) is 3.89. The highest BCUT2D eigenvalue weighted by Gasteiger charge is 2.18. The predicted octanol–water partition coefficient (Wildman–Crippen LogP) is 2.43. The minimum Gasteiger partial charge on any atom is -0.481 e. The summed E-state index contributed by atoms with van der Waals surface area (Å²) in [7, 11) is 1.51. The standard InChI is InChI=1S/C18H21FN4O2S/c1-10(2)13-7-12(19)8-14(11-4-5-21-17(6-11)25-3)15(13)9-16(24)22-23-18(20)26/h4-8,10H,9H2,1-3H3,(H,22,24)(H3,20,23,26). The van der Waals surface area contributed by atoms with E-state index >= 15 is 0 Å². The largest absolute Gasteiger partial charge is 0.481 e. The van der Waals surface area contributed by atoms with Gasteiger partial charge in [-0.1, -0.05) is 13.8 Å². The Morgan fingerprint density at radius 1 is 1.35 bits per heavy atom. The molecule has 0 aliphatic carbocycles. The molecule has 8 heteroatoms. The van der Waals surface area contributed by atoms with Crippen molar-refractivity contribution in [3.05, 3.63) is 47.4 Å². The Morgan fingerprint density at radius 3 is 2.69 bits per heavy atom. The zero-order valence-electron chi connectivity index (χ0n) is 14.8. The van der Waals surface area contributed by atoms with Crippen LogP contribution in [0.4, 0.5) is 4.39 Å². The number of nitrogens with one attached hydrogen (secondary N) is 2. The first-order chi connectivity index (χ1) is 12.3. The fourth-order valence-corrected chi connectivity index (χ4v) is 2.70. The number of nitrogens with zero attached hydrogens (tertiary/aromatic N) is 1. The smallest absolute Gasteiger partial charge is 0.242 e. The third-order valence-corrected chi connectivity index (χ3v) is 3.89. The maximum atomic E-state index is 14.2. The van der Waals surface area contributed by atoms with E-state index < -0.39 is 0 Å². The van der Waals surface area contributed by atoms with Crippen molar-refractivity contribution in [3.63, 3.8) is 0 Å². The van der Waals surface area contributed by atoms with Gasteiger partial charge in [-0.25, -0.2) is 9.37 Å². The summed E-state index contributed by atoms with van der Waals surface area (Å²) in [6.07, 6.45) is 1.61. The normalized spacial score (nSPS) is 10.5. The molecule has 26 heavy (non-hydrogen) atoms. The van der Waals surface area contributed by atoms with Crippen molar-refractivity contribution in [2.24, 2.45) is 5.73 Å². The zero-order chi connectivity index (χ0) is 19.3. The highest BCUT2D eigenvalue weighted by molar-refractivity contribution is 7.80. The topological polar surface area (TPSA) is 89.3 Å². The second-order valence-corrected chi connectivity index (χ2v) is 6.42. The predicted molar refractivity (Wildman–Crippen MR) is 102 cm³/mol. The number of methoxy groups -OCH3 is 1. The number of carbonyl (C=O) groups is 1. The quantitative estimate of drug-likeness (QED) is 0.549. The number of benzene rings is 1. The fraction of sp³-hybridized carbons (Fsp3) is 0.278. The summed E-state index contributed by atoms with van der Waals surface area (Å²) >= 11 is 4.67. The number of hydrazine groups is 1. The third kappa shape index (κ3) is 4.89. The third-order valence-electron chi connectivity index (χ3n) is 3.79. The van der Waals surface area contributed by atoms with Gasteiger partial charge >= 0.3 is 0 Å². The number of thiocarbonyl (C=S) groups is 1. The van der Waals surface area contributed by atoms with Gasteiger partial charge in [-0.3, -0.25) is 15.6 Å². The molecular formula is C18H21FN4O2S. The van der Waals surface area contributed by atoms with E-state index in [0.29, 0.717) is 17.0 Å². The molecule has 6 nitrogen and oxygen atoms in total. The van der Waals surface area contributed by atoms with Crippen LogP contribution in [0.2, 0.25) is 0 Å². The number of pyridine rings is 1. The molecule has 138 valence electrons. The molecular weight excluding hydrogens is 355 g/mol. The second-order valence-electron chi connectivity index (χ2n) is 5.98. The van der Waals surface area contributed by atoms with Crippen LogP contribution in [-0.4, -0.2) is 23.1 Å². The van der Waals surface area contributed by atoms with Gasteiger partial charge in [0.2, 0.25) is 11.8 Å². The van der Waals surface area contributed by atoms with E-state index in [-0.39, 0.29) is 29.2 Å². The molecule has 0 aliphatic heterocycles. The Labute approximate surface area is 156 Å². The van der Waals surface area contributed by atoms with Gasteiger partial charge in [0.25, 0.3) is 0 Å². The van der Waals surface area contributed by atoms with E-state index in [1.54, 1.807) is 18.3 Å². The summed E-state index contributed by atoms with van der Waals surface area (Å²) in [6, 6.07) is 6.31. The second kappa shape index (κ2) is 8.57. The van der Waals surface area contributed by atoms with Gasteiger partial charge < -0.3 is 10.5 Å². The SMILES string of the molecule is COc1cc(-c2cc(F)cc(C(C)C)c2CC(=O)NNC(N)=S)ccn1. The van der Waals surface area contributed by atoms with Gasteiger partial charge in [0.1, 0.15) is 5.82 Å². The van der Waals surface area contributed by atoms with E-state index in [0.717, 1.165) is 11.1 Å². The van der Waals surface area contributed by atoms with Crippen molar-refractivity contribution >= 4 is 23.2 Å². The van der Waals surface area contributed by atoms with Crippen LogP contribution in [0.3, 0.4) is 0 Å². The summed E-state index contributed by atoms with van der Waals surface area (Å²) in [5.74, 6) is -0.276. The van der Waals surface area contributed by atoms with Gasteiger partial charge in [-0.05, 0) is 58.6 Å². The molecule has 0 bridgehead atoms. The number of rotatable bonds is 5. The molecule has 0 saturated carbocycles. The first-order valence-corrected chi connectivity index (χ1v) is 8.39. The monoisotopic (exact) mass is 376 g/mol. The van der Waals surface area contributed by atoms with Crippen LogP contribution in [0.15, 0.2) is 30.5 Å². The Hall–Kier alpha value is -2.74. The van der Waals surface area contributed by atoms with Crippen LogP contribution in [0, 0.1) is 5.82 Å². The molecule has 0 unspecified atom stereocenters. The molecule has 2 rings (SSSR count). The molecule has 1 aromatic carbocycles. The number of halogens is 1. The lowest BCUT2D eigenvalue weighted by atomic mass is 9.88. The molecule has 1 heterocycles. The van der Waals surface area contributed by atoms with Gasteiger partial charge in [0.15, 0.2) is 5.11 Å². The number of hydrogen-bond donors (Lipinski definition) is 3. The summed E-state index contributed by atoms with van der Waals surface area (Å²) in [4.78, 5) is 16.3. The highest BCUT2D eigenvalue weighted by Crippen LogP contribution is 2.33. The van der Waals surface area contributed by atoms with E-state index in [4.69, 9.17) is 10.5 Å². The van der Waals surface area contributed by atoms with Crippen LogP contribution in [0.25, 0.3) is 11.1 Å². The number of hydrogen-bond acceptors (Lipinski definition) is 4. The van der Waals surface area contributed by atoms with Crippen molar-refractivity contribution in [3.8, 4) is 17.0 Å². The maximum Gasteiger partial charge on any atom is 0.242 e. The van der Waals surface area contributed by atoms with Gasteiger partial charge in [-0.2, -0.15) is 0 Å². The van der Waals surface area contributed by atoms with Gasteiger partial charge in [0, 0.05) is 12.3 Å². The van der Waals surface area contributed by atoms with Crippen molar-refractivity contribution in [2.45, 2.75) is 26.2 Å². The summed E-state index contributed by atoms with van der Waals surface area (Å²) in [5, 5.41) is -0.0411. The maximum absolute atomic E-state index is 14.2. The molecule has 1 amide bonds. The molecule has 2 aromatic rings. The summed E-state index contributed by atoms with van der Waals surface area (Å²) in [5.41, 5.74) is 12.9. The van der Waals surface area contributed by atoms with Crippen LogP contribution in [0.1, 0.15) is 30.9 Å². The van der Waals surface area contributed by atoms with Gasteiger partial charge in [0.05, 0.1) is 13.5 Å². The number of carbonyl (C=O) groups excluding carboxylic acids is 1. The molecule has 0 spiro atoms. The Bertz CT molecular complexity index is 827. The van der Waals surface area contributed by atoms with Crippen molar-refractivity contribution in [1.29, 1.82) is 0 Å². The zero-order valence-corrected chi connectivity index (χ0v) is 15.6. The molecule has 0 aliphatic rings. The van der Waals surface area contributed by atoms with E-state index in [1.165, 1.54) is 19.2 Å². The van der Waals surface area contributed by atoms with E-state index in [1.807, 2.05) is 13.8 Å². The number of aromatic nitrogens is 1. The van der Waals surface area contributed by atoms with E-state index in [9.17, 15) is 9.18 Å². The number of ether oxygens (including phenoxy) is 1. The molecule has 0 atom stereocenters. The Balaban J connectivity index is 2.52. The van der Waals surface area contributed by atoms with E-state index in [2.05, 4.69) is 28.1 Å². The summed E-state index contributed by atoms with van der Waals surface area (Å²) < 4.78 is 19.4. The lowest BCUT2D eigenvalue weighted by molar-refractivity contribution is -0.121. The minimum atomic E-state index is -0.370. The van der Waals surface area contributed by atoms with Crippen LogP contribution < -0.4 is 21.3 Å². The van der Waals surface area contributed by atoms with Crippen LogP contribution >= 0.6 is 12.2 Å². The Kier molecular flexibility index (Phi) is 6.46. The average molecular weight is 376 g/mol. The van der Waals surface area contributed by atoms with Crippen LogP contribution in [0.5, 0.6) is 5.88 Å². The lowest BCUT2D eigenvalue weighted by Crippen LogP contribution is -2.45. The average Bonchev–Trinajstić information content (AvgIpc) is 2.60. The fourth-order valence-electron chi connectivity index (χ4n) is 2.65.